The lowest BCUT2D eigenvalue weighted by Crippen LogP contribution is -2.01. The average Bonchev–Trinajstić information content (AvgIpc) is 2.91. The normalized spacial score (nSPS) is 11.8. The molecule has 1 heterocycles. The van der Waals surface area contributed by atoms with Crippen molar-refractivity contribution in [2.45, 2.75) is 6.92 Å². The van der Waals surface area contributed by atoms with Gasteiger partial charge in [-0.1, -0.05) is 47.2 Å². The molecule has 0 aliphatic carbocycles. The Morgan fingerprint density at radius 1 is 1.10 bits per heavy atom. The van der Waals surface area contributed by atoms with Crippen LogP contribution in [0.1, 0.15) is 11.1 Å². The lowest BCUT2D eigenvalue weighted by Gasteiger charge is -2.06. The molecule has 0 N–H and O–H groups in total. The topological polar surface area (TPSA) is 39.9 Å². The van der Waals surface area contributed by atoms with E-state index in [1.54, 1.807) is 11.8 Å². The van der Waals surface area contributed by atoms with Gasteiger partial charge in [-0.3, -0.25) is 0 Å². The smallest absolute Gasteiger partial charge is 0.216 e. The minimum atomic E-state index is 0.641. The Labute approximate surface area is 117 Å². The first-order valence-corrected chi connectivity index (χ1v) is 6.41. The SMILES string of the molecule is CO/C(=C\c1ccc(C)cc1)n1nnc2ccccc21. The molecule has 0 fully saturated rings. The van der Waals surface area contributed by atoms with E-state index in [4.69, 9.17) is 4.74 Å². The van der Waals surface area contributed by atoms with Crippen LogP contribution in [0.15, 0.2) is 48.5 Å². The summed E-state index contributed by atoms with van der Waals surface area (Å²) >= 11 is 0. The summed E-state index contributed by atoms with van der Waals surface area (Å²) in [6.07, 6.45) is 1.94. The Morgan fingerprint density at radius 2 is 1.85 bits per heavy atom. The molecule has 0 aliphatic heterocycles. The summed E-state index contributed by atoms with van der Waals surface area (Å²) in [4.78, 5) is 0. The van der Waals surface area contributed by atoms with Gasteiger partial charge in [0.1, 0.15) is 5.52 Å². The molecule has 20 heavy (non-hydrogen) atoms. The predicted molar refractivity (Wildman–Crippen MR) is 79.9 cm³/mol. The molecule has 3 aromatic rings. The van der Waals surface area contributed by atoms with Crippen LogP contribution in [-0.4, -0.2) is 22.1 Å². The van der Waals surface area contributed by atoms with Crippen molar-refractivity contribution in [3.8, 4) is 0 Å². The second-order valence-electron chi connectivity index (χ2n) is 4.59. The molecule has 100 valence electrons. The lowest BCUT2D eigenvalue weighted by atomic mass is 10.1. The van der Waals surface area contributed by atoms with Crippen molar-refractivity contribution in [3.63, 3.8) is 0 Å². The second-order valence-corrected chi connectivity index (χ2v) is 4.59. The minimum Gasteiger partial charge on any atom is -0.481 e. The molecule has 0 unspecified atom stereocenters. The van der Waals surface area contributed by atoms with Crippen LogP contribution >= 0.6 is 0 Å². The highest BCUT2D eigenvalue weighted by molar-refractivity contribution is 5.79. The van der Waals surface area contributed by atoms with Crippen LogP contribution in [0.4, 0.5) is 0 Å². The third-order valence-electron chi connectivity index (χ3n) is 3.14. The molecule has 0 amide bonds. The van der Waals surface area contributed by atoms with Crippen LogP contribution in [0.25, 0.3) is 23.0 Å². The summed E-state index contributed by atoms with van der Waals surface area (Å²) in [5, 5.41) is 8.29. The molecule has 3 rings (SSSR count). The average molecular weight is 265 g/mol. The fraction of sp³-hybridized carbons (Fsp3) is 0.125. The number of ether oxygens (including phenoxy) is 1. The van der Waals surface area contributed by atoms with E-state index in [0.29, 0.717) is 5.88 Å². The Kier molecular flexibility index (Phi) is 3.21. The molecule has 0 atom stereocenters. The molecule has 0 saturated carbocycles. The van der Waals surface area contributed by atoms with E-state index in [9.17, 15) is 0 Å². The number of nitrogens with zero attached hydrogens (tertiary/aromatic N) is 3. The minimum absolute atomic E-state index is 0.641. The van der Waals surface area contributed by atoms with E-state index in [-0.39, 0.29) is 0 Å². The van der Waals surface area contributed by atoms with E-state index >= 15 is 0 Å². The molecular weight excluding hydrogens is 250 g/mol. The van der Waals surface area contributed by atoms with E-state index in [2.05, 4.69) is 29.4 Å². The zero-order chi connectivity index (χ0) is 13.9. The maximum atomic E-state index is 5.46. The molecule has 0 aliphatic rings. The summed E-state index contributed by atoms with van der Waals surface area (Å²) in [5.74, 6) is 0.641. The molecule has 1 aromatic heterocycles. The van der Waals surface area contributed by atoms with Crippen molar-refractivity contribution < 1.29 is 4.74 Å². The van der Waals surface area contributed by atoms with Gasteiger partial charge in [0, 0.05) is 6.08 Å². The van der Waals surface area contributed by atoms with Gasteiger partial charge in [-0.25, -0.2) is 0 Å². The fourth-order valence-corrected chi connectivity index (χ4v) is 2.04. The number of fused-ring (bicyclic) bond motifs is 1. The highest BCUT2D eigenvalue weighted by atomic mass is 16.5. The highest BCUT2D eigenvalue weighted by Crippen LogP contribution is 2.18. The molecule has 4 heteroatoms. The zero-order valence-corrected chi connectivity index (χ0v) is 11.4. The third kappa shape index (κ3) is 2.28. The van der Waals surface area contributed by atoms with Gasteiger partial charge in [-0.05, 0) is 24.6 Å². The van der Waals surface area contributed by atoms with Crippen molar-refractivity contribution in [1.29, 1.82) is 0 Å². The number of para-hydroxylation sites is 1. The summed E-state index contributed by atoms with van der Waals surface area (Å²) in [7, 11) is 1.64. The number of aromatic nitrogens is 3. The summed E-state index contributed by atoms with van der Waals surface area (Å²) in [6.45, 7) is 2.07. The summed E-state index contributed by atoms with van der Waals surface area (Å²) < 4.78 is 7.16. The van der Waals surface area contributed by atoms with Crippen molar-refractivity contribution in [2.75, 3.05) is 7.11 Å². The molecular formula is C16H15N3O. The summed E-state index contributed by atoms with van der Waals surface area (Å²) in [6, 6.07) is 16.0. The first kappa shape index (κ1) is 12.4. The van der Waals surface area contributed by atoms with Gasteiger partial charge in [0.25, 0.3) is 0 Å². The van der Waals surface area contributed by atoms with Crippen molar-refractivity contribution >= 4 is 23.0 Å². The first-order chi connectivity index (χ1) is 9.78. The lowest BCUT2D eigenvalue weighted by molar-refractivity contribution is 0.340. The monoisotopic (exact) mass is 265 g/mol. The Morgan fingerprint density at radius 3 is 2.60 bits per heavy atom. The van der Waals surface area contributed by atoms with Gasteiger partial charge in [0.05, 0.1) is 12.6 Å². The number of hydrogen-bond acceptors (Lipinski definition) is 3. The highest BCUT2D eigenvalue weighted by Gasteiger charge is 2.08. The zero-order valence-electron chi connectivity index (χ0n) is 11.4. The van der Waals surface area contributed by atoms with Gasteiger partial charge in [0.2, 0.25) is 5.88 Å². The molecule has 4 nitrogen and oxygen atoms in total. The van der Waals surface area contributed by atoms with Crippen LogP contribution in [-0.2, 0) is 4.74 Å². The number of hydrogen-bond donors (Lipinski definition) is 0. The van der Waals surface area contributed by atoms with Gasteiger partial charge < -0.3 is 4.74 Å². The van der Waals surface area contributed by atoms with E-state index in [1.165, 1.54) is 5.56 Å². The third-order valence-corrected chi connectivity index (χ3v) is 3.14. The quantitative estimate of drug-likeness (QED) is 0.682. The first-order valence-electron chi connectivity index (χ1n) is 6.41. The van der Waals surface area contributed by atoms with Gasteiger partial charge in [-0.2, -0.15) is 4.68 Å². The molecule has 0 saturated heterocycles. The summed E-state index contributed by atoms with van der Waals surface area (Å²) in [5.41, 5.74) is 4.06. The second kappa shape index (κ2) is 5.17. The molecule has 0 radical (unpaired) electrons. The number of rotatable bonds is 3. The number of methoxy groups -OCH3 is 1. The Hall–Kier alpha value is -2.62. The van der Waals surface area contributed by atoms with E-state index < -0.39 is 0 Å². The molecule has 2 aromatic carbocycles. The maximum Gasteiger partial charge on any atom is 0.216 e. The van der Waals surface area contributed by atoms with Crippen LogP contribution in [0.2, 0.25) is 0 Å². The van der Waals surface area contributed by atoms with Crippen molar-refractivity contribution in [2.24, 2.45) is 0 Å². The maximum absolute atomic E-state index is 5.46. The Balaban J connectivity index is 2.07. The molecule has 0 spiro atoms. The Bertz CT molecular complexity index is 757. The van der Waals surface area contributed by atoms with Crippen LogP contribution in [0.5, 0.6) is 0 Å². The number of aryl methyl sites for hydroxylation is 1. The van der Waals surface area contributed by atoms with Crippen LogP contribution in [0.3, 0.4) is 0 Å². The fourth-order valence-electron chi connectivity index (χ4n) is 2.04. The molecule has 0 bridgehead atoms. The largest absolute Gasteiger partial charge is 0.481 e. The van der Waals surface area contributed by atoms with E-state index in [0.717, 1.165) is 16.6 Å². The van der Waals surface area contributed by atoms with Crippen molar-refractivity contribution in [1.82, 2.24) is 15.0 Å². The van der Waals surface area contributed by atoms with Gasteiger partial charge >= 0.3 is 0 Å². The standard InChI is InChI=1S/C16H15N3O/c1-12-7-9-13(10-8-12)11-16(20-2)19-15-6-4-3-5-14(15)17-18-19/h3-11H,1-2H3/b16-11-. The number of benzene rings is 2. The van der Waals surface area contributed by atoms with Gasteiger partial charge in [-0.15, -0.1) is 5.10 Å². The van der Waals surface area contributed by atoms with Crippen molar-refractivity contribution in [3.05, 3.63) is 59.7 Å². The predicted octanol–water partition coefficient (Wildman–Crippen LogP) is 3.34. The van der Waals surface area contributed by atoms with Crippen LogP contribution in [0, 0.1) is 6.92 Å². The van der Waals surface area contributed by atoms with E-state index in [1.807, 2.05) is 42.5 Å². The van der Waals surface area contributed by atoms with Crippen LogP contribution < -0.4 is 0 Å². The van der Waals surface area contributed by atoms with Gasteiger partial charge in [0.15, 0.2) is 0 Å².